The summed E-state index contributed by atoms with van der Waals surface area (Å²) in [7, 11) is -2.14. The molecule has 2 aromatic rings. The lowest BCUT2D eigenvalue weighted by Gasteiger charge is -2.25. The maximum atomic E-state index is 12.3. The molecule has 0 fully saturated rings. The molecular formula is C17H18BrNO4S. The van der Waals surface area contributed by atoms with Gasteiger partial charge < -0.3 is 4.74 Å². The fourth-order valence-electron chi connectivity index (χ4n) is 2.36. The lowest BCUT2D eigenvalue weighted by molar-refractivity contribution is 0.102. The number of carbonyl (C=O) groups is 1. The Morgan fingerprint density at radius 3 is 2.33 bits per heavy atom. The van der Waals surface area contributed by atoms with Crippen LogP contribution in [0.2, 0.25) is 0 Å². The molecule has 0 saturated carbocycles. The number of sulfonamides is 1. The van der Waals surface area contributed by atoms with Crippen molar-refractivity contribution >= 4 is 37.4 Å². The van der Waals surface area contributed by atoms with Crippen LogP contribution >= 0.6 is 15.9 Å². The summed E-state index contributed by atoms with van der Waals surface area (Å²) in [5.41, 5.74) is 1.52. The van der Waals surface area contributed by atoms with Gasteiger partial charge in [0.05, 0.1) is 36.5 Å². The van der Waals surface area contributed by atoms with E-state index in [1.807, 2.05) is 30.3 Å². The van der Waals surface area contributed by atoms with E-state index >= 15 is 0 Å². The lowest BCUT2D eigenvalue weighted by atomic mass is 10.1. The van der Waals surface area contributed by atoms with Crippen LogP contribution in [0.5, 0.6) is 5.75 Å². The minimum atomic E-state index is -3.57. The van der Waals surface area contributed by atoms with Crippen LogP contribution in [0, 0.1) is 0 Å². The fourth-order valence-corrected chi connectivity index (χ4v) is 3.54. The minimum Gasteiger partial charge on any atom is -0.494 e. The van der Waals surface area contributed by atoms with Gasteiger partial charge in [0.2, 0.25) is 10.0 Å². The highest BCUT2D eigenvalue weighted by atomic mass is 79.9. The number of ether oxygens (including phenoxy) is 1. The molecule has 0 aromatic heterocycles. The fraction of sp³-hybridized carbons (Fsp3) is 0.235. The maximum Gasteiger partial charge on any atom is 0.232 e. The van der Waals surface area contributed by atoms with E-state index < -0.39 is 10.0 Å². The van der Waals surface area contributed by atoms with E-state index in [1.54, 1.807) is 18.2 Å². The summed E-state index contributed by atoms with van der Waals surface area (Å²) >= 11 is 3.13. The van der Waals surface area contributed by atoms with Crippen molar-refractivity contribution in [1.29, 1.82) is 0 Å². The second kappa shape index (κ2) is 7.81. The average molecular weight is 412 g/mol. The highest BCUT2D eigenvalue weighted by molar-refractivity contribution is 9.09. The molecule has 0 bridgehead atoms. The number of ketones is 1. The third-order valence-electron chi connectivity index (χ3n) is 3.46. The van der Waals surface area contributed by atoms with Crippen LogP contribution in [-0.4, -0.2) is 32.9 Å². The quantitative estimate of drug-likeness (QED) is 0.518. The van der Waals surface area contributed by atoms with Crippen molar-refractivity contribution in [1.82, 2.24) is 0 Å². The number of rotatable bonds is 7. The third kappa shape index (κ3) is 4.15. The first kappa shape index (κ1) is 18.5. The second-order valence-corrected chi connectivity index (χ2v) is 7.64. The summed E-state index contributed by atoms with van der Waals surface area (Å²) in [6.45, 7) is 0.155. The number of alkyl halides is 1. The molecule has 2 rings (SSSR count). The molecule has 0 radical (unpaired) electrons. The number of nitrogens with zero attached hydrogens (tertiary/aromatic N) is 1. The van der Waals surface area contributed by atoms with E-state index in [0.717, 1.165) is 11.8 Å². The lowest BCUT2D eigenvalue weighted by Crippen LogP contribution is -2.30. The van der Waals surface area contributed by atoms with Crippen LogP contribution in [-0.2, 0) is 16.6 Å². The van der Waals surface area contributed by atoms with Gasteiger partial charge in [0, 0.05) is 0 Å². The summed E-state index contributed by atoms with van der Waals surface area (Å²) in [6, 6.07) is 14.1. The van der Waals surface area contributed by atoms with Gasteiger partial charge in [-0.1, -0.05) is 52.3 Å². The molecule has 0 aliphatic carbocycles. The maximum absolute atomic E-state index is 12.3. The van der Waals surface area contributed by atoms with Crippen molar-refractivity contribution in [3.63, 3.8) is 0 Å². The largest absolute Gasteiger partial charge is 0.494 e. The first-order chi connectivity index (χ1) is 11.4. The zero-order valence-corrected chi connectivity index (χ0v) is 15.8. The zero-order chi connectivity index (χ0) is 17.7. The minimum absolute atomic E-state index is 0.129. The zero-order valence-electron chi connectivity index (χ0n) is 13.4. The van der Waals surface area contributed by atoms with E-state index in [1.165, 1.54) is 11.4 Å². The summed E-state index contributed by atoms with van der Waals surface area (Å²) in [6.07, 6.45) is 1.13. The third-order valence-corrected chi connectivity index (χ3v) is 5.09. The molecule has 24 heavy (non-hydrogen) atoms. The first-order valence-electron chi connectivity index (χ1n) is 7.16. The van der Waals surface area contributed by atoms with Crippen molar-refractivity contribution in [2.75, 3.05) is 23.0 Å². The monoisotopic (exact) mass is 411 g/mol. The van der Waals surface area contributed by atoms with Gasteiger partial charge in [-0.3, -0.25) is 9.10 Å². The van der Waals surface area contributed by atoms with Gasteiger partial charge in [0.15, 0.2) is 11.5 Å². The first-order valence-corrected chi connectivity index (χ1v) is 10.1. The molecule has 0 heterocycles. The molecule has 128 valence electrons. The van der Waals surface area contributed by atoms with Crippen LogP contribution in [0.25, 0.3) is 0 Å². The van der Waals surface area contributed by atoms with Gasteiger partial charge in [-0.2, -0.15) is 0 Å². The number of anilines is 1. The standard InChI is InChI=1S/C17H18BrNO4S/c1-23-17-14(16(20)11-18)9-6-10-15(17)19(24(2,21)22)12-13-7-4-3-5-8-13/h3-10H,11-12H2,1-2H3. The van der Waals surface area contributed by atoms with Crippen LogP contribution in [0.1, 0.15) is 15.9 Å². The highest BCUT2D eigenvalue weighted by Gasteiger charge is 2.24. The second-order valence-electron chi connectivity index (χ2n) is 5.17. The summed E-state index contributed by atoms with van der Waals surface area (Å²) in [4.78, 5) is 12.1. The summed E-state index contributed by atoms with van der Waals surface area (Å²) in [5.74, 6) is 0.0742. The van der Waals surface area contributed by atoms with Crippen molar-refractivity contribution in [3.05, 3.63) is 59.7 Å². The molecule has 5 nitrogen and oxygen atoms in total. The van der Waals surface area contributed by atoms with Crippen molar-refractivity contribution in [2.24, 2.45) is 0 Å². The van der Waals surface area contributed by atoms with Gasteiger partial charge in [-0.15, -0.1) is 0 Å². The molecule has 7 heteroatoms. The molecule has 0 unspecified atom stereocenters. The van der Waals surface area contributed by atoms with Gasteiger partial charge >= 0.3 is 0 Å². The normalized spacial score (nSPS) is 11.1. The Morgan fingerprint density at radius 2 is 1.79 bits per heavy atom. The molecule has 0 N–H and O–H groups in total. The molecule has 0 spiro atoms. The van der Waals surface area contributed by atoms with E-state index in [9.17, 15) is 13.2 Å². The molecule has 0 saturated heterocycles. The van der Waals surface area contributed by atoms with E-state index in [2.05, 4.69) is 15.9 Å². The Morgan fingerprint density at radius 1 is 1.12 bits per heavy atom. The number of hydrogen-bond donors (Lipinski definition) is 0. The smallest absolute Gasteiger partial charge is 0.232 e. The molecule has 0 aliphatic rings. The number of Topliss-reactive ketones (excluding diaryl/α,β-unsaturated/α-hetero) is 1. The number of hydrogen-bond acceptors (Lipinski definition) is 4. The van der Waals surface area contributed by atoms with Crippen molar-refractivity contribution in [2.45, 2.75) is 6.54 Å². The van der Waals surface area contributed by atoms with E-state index in [4.69, 9.17) is 4.74 Å². The van der Waals surface area contributed by atoms with Gasteiger partial charge in [-0.25, -0.2) is 8.42 Å². The van der Waals surface area contributed by atoms with Crippen LogP contribution in [0.3, 0.4) is 0 Å². The SMILES string of the molecule is COc1c(C(=O)CBr)cccc1N(Cc1ccccc1)S(C)(=O)=O. The van der Waals surface area contributed by atoms with E-state index in [0.29, 0.717) is 11.3 Å². The van der Waals surface area contributed by atoms with Crippen LogP contribution < -0.4 is 9.04 Å². The molecule has 0 amide bonds. The molecule has 2 aromatic carbocycles. The average Bonchev–Trinajstić information content (AvgIpc) is 2.58. The van der Waals surface area contributed by atoms with Crippen molar-refractivity contribution < 1.29 is 17.9 Å². The van der Waals surface area contributed by atoms with E-state index in [-0.39, 0.29) is 23.4 Å². The highest BCUT2D eigenvalue weighted by Crippen LogP contribution is 2.35. The van der Waals surface area contributed by atoms with Gasteiger partial charge in [-0.05, 0) is 17.7 Å². The Hall–Kier alpha value is -1.86. The molecular weight excluding hydrogens is 394 g/mol. The number of carbonyl (C=O) groups excluding carboxylic acids is 1. The number of methoxy groups -OCH3 is 1. The number of para-hydroxylation sites is 1. The van der Waals surface area contributed by atoms with Crippen molar-refractivity contribution in [3.8, 4) is 5.75 Å². The predicted molar refractivity (Wildman–Crippen MR) is 98.6 cm³/mol. The van der Waals surface area contributed by atoms with Gasteiger partial charge in [0.1, 0.15) is 0 Å². The Bertz CT molecular complexity index is 822. The van der Waals surface area contributed by atoms with Gasteiger partial charge in [0.25, 0.3) is 0 Å². The molecule has 0 aliphatic heterocycles. The Labute approximate surface area is 150 Å². The summed E-state index contributed by atoms with van der Waals surface area (Å²) < 4.78 is 31.3. The van der Waals surface area contributed by atoms with Crippen LogP contribution in [0.15, 0.2) is 48.5 Å². The predicted octanol–water partition coefficient (Wildman–Crippen LogP) is 3.24. The molecule has 0 atom stereocenters. The Balaban J connectivity index is 2.57. The topological polar surface area (TPSA) is 63.7 Å². The summed E-state index contributed by atoms with van der Waals surface area (Å²) in [5, 5.41) is 0.129. The van der Waals surface area contributed by atoms with Crippen LogP contribution in [0.4, 0.5) is 5.69 Å². The Kier molecular flexibility index (Phi) is 6.01. The number of halogens is 1. The number of benzene rings is 2.